The van der Waals surface area contributed by atoms with Crippen molar-refractivity contribution >= 4 is 5.82 Å². The fourth-order valence-corrected chi connectivity index (χ4v) is 2.39. The summed E-state index contributed by atoms with van der Waals surface area (Å²) in [5.74, 6) is 0.630. The van der Waals surface area contributed by atoms with Gasteiger partial charge in [0.25, 0.3) is 0 Å². The molecule has 1 unspecified atom stereocenters. The number of nitrogens with two attached hydrogens (primary N) is 1. The first-order valence-corrected chi connectivity index (χ1v) is 5.92. The van der Waals surface area contributed by atoms with Crippen LogP contribution >= 0.6 is 0 Å². The minimum absolute atomic E-state index is 0.463. The number of aromatic amines is 1. The molecule has 0 amide bonds. The summed E-state index contributed by atoms with van der Waals surface area (Å²) in [7, 11) is 0. The van der Waals surface area contributed by atoms with Crippen molar-refractivity contribution in [1.82, 2.24) is 15.5 Å². The predicted molar refractivity (Wildman–Crippen MR) is 67.5 cm³/mol. The van der Waals surface area contributed by atoms with Crippen LogP contribution in [0.5, 0.6) is 0 Å². The van der Waals surface area contributed by atoms with Gasteiger partial charge in [0.05, 0.1) is 0 Å². The molecule has 1 aromatic heterocycles. The lowest BCUT2D eigenvalue weighted by molar-refractivity contribution is 0.473. The van der Waals surface area contributed by atoms with Gasteiger partial charge < -0.3 is 11.1 Å². The van der Waals surface area contributed by atoms with Gasteiger partial charge in [0.1, 0.15) is 5.82 Å². The molecular formula is C13H16N4. The summed E-state index contributed by atoms with van der Waals surface area (Å²) in [6.07, 6.45) is 2.01. The largest absolute Gasteiger partial charge is 0.382 e. The number of nitrogen functional groups attached to an aromatic ring is 1. The summed E-state index contributed by atoms with van der Waals surface area (Å²) in [6.45, 7) is 0.815. The van der Waals surface area contributed by atoms with E-state index in [1.54, 1.807) is 0 Å². The number of fused-ring (bicyclic) bond motifs is 1. The van der Waals surface area contributed by atoms with Gasteiger partial charge >= 0.3 is 0 Å². The zero-order chi connectivity index (χ0) is 11.7. The Balaban J connectivity index is 1.72. The van der Waals surface area contributed by atoms with E-state index in [1.807, 2.05) is 6.07 Å². The van der Waals surface area contributed by atoms with E-state index in [0.717, 1.165) is 24.9 Å². The Labute approximate surface area is 100 Å². The first kappa shape index (κ1) is 10.4. The van der Waals surface area contributed by atoms with Crippen LogP contribution in [0.15, 0.2) is 30.3 Å². The number of hydrogen-bond acceptors (Lipinski definition) is 3. The highest BCUT2D eigenvalue weighted by molar-refractivity contribution is 5.43. The Morgan fingerprint density at radius 1 is 1.29 bits per heavy atom. The lowest BCUT2D eigenvalue weighted by atomic mass is 9.96. The van der Waals surface area contributed by atoms with Crippen LogP contribution in [-0.4, -0.2) is 16.2 Å². The Morgan fingerprint density at radius 2 is 2.12 bits per heavy atom. The second-order valence-electron chi connectivity index (χ2n) is 4.54. The molecule has 1 aliphatic heterocycles. The van der Waals surface area contributed by atoms with Crippen molar-refractivity contribution in [1.29, 1.82) is 0 Å². The van der Waals surface area contributed by atoms with Crippen LogP contribution < -0.4 is 11.1 Å². The number of H-pyrrole nitrogens is 1. The summed E-state index contributed by atoms with van der Waals surface area (Å²) in [5.41, 5.74) is 9.46. The molecule has 0 saturated carbocycles. The molecule has 0 radical (unpaired) electrons. The Kier molecular flexibility index (Phi) is 2.57. The van der Waals surface area contributed by atoms with Crippen LogP contribution in [0.25, 0.3) is 0 Å². The lowest BCUT2D eigenvalue weighted by Crippen LogP contribution is -2.37. The van der Waals surface area contributed by atoms with Gasteiger partial charge in [0.15, 0.2) is 0 Å². The van der Waals surface area contributed by atoms with Crippen LogP contribution in [-0.2, 0) is 19.4 Å². The summed E-state index contributed by atoms with van der Waals surface area (Å²) in [6, 6.07) is 11.0. The molecule has 0 saturated heterocycles. The number of nitrogens with zero attached hydrogens (tertiary/aromatic N) is 1. The van der Waals surface area contributed by atoms with Crippen molar-refractivity contribution in [3.8, 4) is 0 Å². The zero-order valence-corrected chi connectivity index (χ0v) is 9.61. The van der Waals surface area contributed by atoms with Crippen molar-refractivity contribution in [2.45, 2.75) is 25.4 Å². The van der Waals surface area contributed by atoms with E-state index in [1.165, 1.54) is 11.3 Å². The third kappa shape index (κ3) is 2.03. The van der Waals surface area contributed by atoms with Crippen molar-refractivity contribution in [3.63, 3.8) is 0 Å². The van der Waals surface area contributed by atoms with Crippen molar-refractivity contribution < 1.29 is 0 Å². The van der Waals surface area contributed by atoms with Crippen LogP contribution in [0.2, 0.25) is 0 Å². The van der Waals surface area contributed by atoms with Crippen LogP contribution in [0.4, 0.5) is 5.82 Å². The molecule has 1 atom stereocenters. The first-order chi connectivity index (χ1) is 8.33. The highest BCUT2D eigenvalue weighted by atomic mass is 15.2. The fourth-order valence-electron chi connectivity index (χ4n) is 2.39. The monoisotopic (exact) mass is 228 g/mol. The Hall–Kier alpha value is -1.81. The summed E-state index contributed by atoms with van der Waals surface area (Å²) >= 11 is 0. The third-order valence-corrected chi connectivity index (χ3v) is 3.33. The quantitative estimate of drug-likeness (QED) is 0.724. The van der Waals surface area contributed by atoms with Gasteiger partial charge in [-0.05, 0) is 12.0 Å². The number of anilines is 1. The molecule has 0 aliphatic carbocycles. The molecule has 0 spiro atoms. The number of benzene rings is 1. The molecule has 4 heteroatoms. The molecule has 4 nitrogen and oxygen atoms in total. The molecule has 1 aromatic carbocycles. The maximum absolute atomic E-state index is 5.78. The predicted octanol–water partition coefficient (Wildman–Crippen LogP) is 1.25. The van der Waals surface area contributed by atoms with Gasteiger partial charge in [-0.1, -0.05) is 30.3 Å². The number of nitrogens with one attached hydrogen (secondary N) is 2. The Bertz CT molecular complexity index is 503. The molecule has 88 valence electrons. The average Bonchev–Trinajstić information content (AvgIpc) is 2.72. The van der Waals surface area contributed by atoms with Gasteiger partial charge in [0, 0.05) is 30.3 Å². The van der Waals surface area contributed by atoms with Crippen LogP contribution in [0.3, 0.4) is 0 Å². The molecule has 2 heterocycles. The number of rotatable bonds is 2. The van der Waals surface area contributed by atoms with E-state index in [4.69, 9.17) is 5.73 Å². The molecule has 1 aliphatic rings. The highest BCUT2D eigenvalue weighted by Gasteiger charge is 2.21. The second-order valence-corrected chi connectivity index (χ2v) is 4.54. The first-order valence-electron chi connectivity index (χ1n) is 5.92. The SMILES string of the molecule is Nc1n[nH]c2c1CNC(Cc1ccccc1)C2. The molecule has 0 bridgehead atoms. The van der Waals surface area contributed by atoms with Gasteiger partial charge in [-0.2, -0.15) is 5.10 Å². The normalized spacial score (nSPS) is 18.9. The van der Waals surface area contributed by atoms with Gasteiger partial charge in [-0.15, -0.1) is 0 Å². The van der Waals surface area contributed by atoms with E-state index in [0.29, 0.717) is 11.9 Å². The van der Waals surface area contributed by atoms with Gasteiger partial charge in [-0.3, -0.25) is 5.10 Å². The van der Waals surface area contributed by atoms with E-state index in [2.05, 4.69) is 39.8 Å². The fraction of sp³-hybridized carbons (Fsp3) is 0.308. The van der Waals surface area contributed by atoms with E-state index < -0.39 is 0 Å². The molecule has 3 rings (SSSR count). The van der Waals surface area contributed by atoms with Crippen molar-refractivity contribution in [3.05, 3.63) is 47.2 Å². The van der Waals surface area contributed by atoms with E-state index in [9.17, 15) is 0 Å². The summed E-state index contributed by atoms with van der Waals surface area (Å²) in [5, 5.41) is 10.6. The second kappa shape index (κ2) is 4.22. The van der Waals surface area contributed by atoms with Crippen molar-refractivity contribution in [2.24, 2.45) is 0 Å². The van der Waals surface area contributed by atoms with Crippen LogP contribution in [0.1, 0.15) is 16.8 Å². The minimum Gasteiger partial charge on any atom is -0.382 e. The van der Waals surface area contributed by atoms with Crippen molar-refractivity contribution in [2.75, 3.05) is 5.73 Å². The van der Waals surface area contributed by atoms with E-state index in [-0.39, 0.29) is 0 Å². The number of aromatic nitrogens is 2. The summed E-state index contributed by atoms with van der Waals surface area (Å²) in [4.78, 5) is 0. The van der Waals surface area contributed by atoms with Gasteiger partial charge in [0.2, 0.25) is 0 Å². The van der Waals surface area contributed by atoms with E-state index >= 15 is 0 Å². The lowest BCUT2D eigenvalue weighted by Gasteiger charge is -2.23. The maximum atomic E-state index is 5.78. The topological polar surface area (TPSA) is 66.7 Å². The highest BCUT2D eigenvalue weighted by Crippen LogP contribution is 2.20. The van der Waals surface area contributed by atoms with Gasteiger partial charge in [-0.25, -0.2) is 0 Å². The smallest absolute Gasteiger partial charge is 0.149 e. The standard InChI is InChI=1S/C13H16N4/c14-13-11-8-15-10(7-12(11)16-17-13)6-9-4-2-1-3-5-9/h1-5,10,15H,6-8H2,(H3,14,16,17). The third-order valence-electron chi connectivity index (χ3n) is 3.33. The summed E-state index contributed by atoms with van der Waals surface area (Å²) < 4.78 is 0. The molecular weight excluding hydrogens is 212 g/mol. The average molecular weight is 228 g/mol. The molecule has 0 fully saturated rings. The zero-order valence-electron chi connectivity index (χ0n) is 9.61. The van der Waals surface area contributed by atoms with Crippen LogP contribution in [0, 0.1) is 0 Å². The maximum Gasteiger partial charge on any atom is 0.149 e. The minimum atomic E-state index is 0.463. The number of hydrogen-bond donors (Lipinski definition) is 3. The molecule has 17 heavy (non-hydrogen) atoms. The molecule has 2 aromatic rings. The Morgan fingerprint density at radius 3 is 2.94 bits per heavy atom. The molecule has 4 N–H and O–H groups in total.